The van der Waals surface area contributed by atoms with Gasteiger partial charge in [0.25, 0.3) is 0 Å². The van der Waals surface area contributed by atoms with E-state index in [1.54, 1.807) is 12.4 Å². The SMILES string of the molecule is CCCCCC(C)(NC(=O)NCCCc1ccncc1)c1ccccc1. The second-order valence-electron chi connectivity index (χ2n) is 7.00. The van der Waals surface area contributed by atoms with Crippen LogP contribution in [0.25, 0.3) is 0 Å². The van der Waals surface area contributed by atoms with Crippen LogP contribution >= 0.6 is 0 Å². The Kier molecular flexibility index (Phi) is 8.13. The molecule has 0 spiro atoms. The Balaban J connectivity index is 1.85. The number of pyridine rings is 1. The van der Waals surface area contributed by atoms with Crippen LogP contribution in [0.1, 0.15) is 57.1 Å². The molecule has 0 saturated heterocycles. The van der Waals surface area contributed by atoms with Crippen LogP contribution in [0.3, 0.4) is 0 Å². The first-order valence-corrected chi connectivity index (χ1v) is 9.64. The lowest BCUT2D eigenvalue weighted by Gasteiger charge is -2.32. The van der Waals surface area contributed by atoms with Crippen molar-refractivity contribution in [3.8, 4) is 0 Å². The van der Waals surface area contributed by atoms with Crippen LogP contribution < -0.4 is 10.6 Å². The number of benzene rings is 1. The van der Waals surface area contributed by atoms with Crippen LogP contribution in [0.5, 0.6) is 0 Å². The largest absolute Gasteiger partial charge is 0.338 e. The quantitative estimate of drug-likeness (QED) is 0.602. The number of carbonyl (C=O) groups is 1. The summed E-state index contributed by atoms with van der Waals surface area (Å²) in [6, 6.07) is 14.2. The number of carbonyl (C=O) groups excluding carboxylic acids is 1. The number of nitrogens with one attached hydrogen (secondary N) is 2. The first-order chi connectivity index (χ1) is 12.6. The van der Waals surface area contributed by atoms with E-state index in [1.165, 1.54) is 18.4 Å². The molecule has 140 valence electrons. The summed E-state index contributed by atoms with van der Waals surface area (Å²) in [4.78, 5) is 16.5. The number of aryl methyl sites for hydroxylation is 1. The average Bonchev–Trinajstić information content (AvgIpc) is 2.67. The van der Waals surface area contributed by atoms with Gasteiger partial charge in [-0.1, -0.05) is 56.5 Å². The molecule has 0 aliphatic heterocycles. The van der Waals surface area contributed by atoms with Gasteiger partial charge >= 0.3 is 6.03 Å². The Morgan fingerprint density at radius 3 is 2.46 bits per heavy atom. The fraction of sp³-hybridized carbons (Fsp3) is 0.455. The van der Waals surface area contributed by atoms with E-state index in [-0.39, 0.29) is 11.6 Å². The number of nitrogens with zero attached hydrogens (tertiary/aromatic N) is 1. The lowest BCUT2D eigenvalue weighted by molar-refractivity contribution is 0.223. The van der Waals surface area contributed by atoms with Crippen molar-refractivity contribution in [3.05, 3.63) is 66.0 Å². The predicted molar refractivity (Wildman–Crippen MR) is 107 cm³/mol. The van der Waals surface area contributed by atoms with Gasteiger partial charge in [0, 0.05) is 18.9 Å². The molecular formula is C22H31N3O. The number of aromatic nitrogens is 1. The van der Waals surface area contributed by atoms with Crippen molar-refractivity contribution in [2.24, 2.45) is 0 Å². The first-order valence-electron chi connectivity index (χ1n) is 9.64. The molecule has 2 amide bonds. The smallest absolute Gasteiger partial charge is 0.315 e. The third-order valence-corrected chi connectivity index (χ3v) is 4.76. The van der Waals surface area contributed by atoms with Crippen molar-refractivity contribution in [1.29, 1.82) is 0 Å². The minimum Gasteiger partial charge on any atom is -0.338 e. The van der Waals surface area contributed by atoms with E-state index < -0.39 is 0 Å². The Morgan fingerprint density at radius 1 is 1.04 bits per heavy atom. The molecule has 0 saturated carbocycles. The zero-order valence-electron chi connectivity index (χ0n) is 16.0. The Hall–Kier alpha value is -2.36. The van der Waals surface area contributed by atoms with Crippen molar-refractivity contribution < 1.29 is 4.79 Å². The molecule has 1 unspecified atom stereocenters. The van der Waals surface area contributed by atoms with Crippen molar-refractivity contribution in [1.82, 2.24) is 15.6 Å². The molecule has 0 bridgehead atoms. The van der Waals surface area contributed by atoms with E-state index >= 15 is 0 Å². The van der Waals surface area contributed by atoms with Crippen LogP contribution in [-0.4, -0.2) is 17.6 Å². The van der Waals surface area contributed by atoms with E-state index in [9.17, 15) is 4.79 Å². The maximum Gasteiger partial charge on any atom is 0.315 e. The van der Waals surface area contributed by atoms with Crippen molar-refractivity contribution in [2.75, 3.05) is 6.54 Å². The van der Waals surface area contributed by atoms with Gasteiger partial charge in [-0.3, -0.25) is 4.98 Å². The number of urea groups is 1. The number of hydrogen-bond donors (Lipinski definition) is 2. The van der Waals surface area contributed by atoms with Crippen LogP contribution in [0.4, 0.5) is 4.79 Å². The second-order valence-corrected chi connectivity index (χ2v) is 7.00. The summed E-state index contributed by atoms with van der Waals surface area (Å²) < 4.78 is 0. The highest BCUT2D eigenvalue weighted by molar-refractivity contribution is 5.75. The van der Waals surface area contributed by atoms with Gasteiger partial charge < -0.3 is 10.6 Å². The molecule has 0 radical (unpaired) electrons. The minimum absolute atomic E-state index is 0.0948. The van der Waals surface area contributed by atoms with Gasteiger partial charge in [0.15, 0.2) is 0 Å². The Labute approximate surface area is 157 Å². The Bertz CT molecular complexity index is 645. The topological polar surface area (TPSA) is 54.0 Å². The number of rotatable bonds is 10. The summed E-state index contributed by atoms with van der Waals surface area (Å²) in [5, 5.41) is 6.21. The summed E-state index contributed by atoms with van der Waals surface area (Å²) in [6.07, 6.45) is 9.85. The second kappa shape index (κ2) is 10.6. The van der Waals surface area contributed by atoms with E-state index in [0.29, 0.717) is 6.54 Å². The summed E-state index contributed by atoms with van der Waals surface area (Å²) in [5.74, 6) is 0. The molecule has 1 heterocycles. The maximum absolute atomic E-state index is 12.4. The number of unbranched alkanes of at least 4 members (excludes halogenated alkanes) is 2. The summed E-state index contributed by atoms with van der Waals surface area (Å²) in [5.41, 5.74) is 2.06. The highest BCUT2D eigenvalue weighted by Gasteiger charge is 2.27. The lowest BCUT2D eigenvalue weighted by Crippen LogP contribution is -2.48. The zero-order chi connectivity index (χ0) is 18.7. The monoisotopic (exact) mass is 353 g/mol. The molecule has 0 aliphatic rings. The molecule has 0 fully saturated rings. The molecule has 1 atom stereocenters. The summed E-state index contributed by atoms with van der Waals surface area (Å²) >= 11 is 0. The molecule has 1 aromatic heterocycles. The van der Waals surface area contributed by atoms with E-state index in [2.05, 4.69) is 41.6 Å². The van der Waals surface area contributed by atoms with Gasteiger partial charge in [0.1, 0.15) is 0 Å². The minimum atomic E-state index is -0.342. The van der Waals surface area contributed by atoms with Gasteiger partial charge in [-0.25, -0.2) is 4.79 Å². The molecule has 1 aromatic carbocycles. The van der Waals surface area contributed by atoms with Crippen LogP contribution in [0.15, 0.2) is 54.9 Å². The molecule has 2 N–H and O–H groups in total. The fourth-order valence-corrected chi connectivity index (χ4v) is 3.15. The van der Waals surface area contributed by atoms with E-state index in [1.807, 2.05) is 30.3 Å². The molecule has 4 nitrogen and oxygen atoms in total. The third-order valence-electron chi connectivity index (χ3n) is 4.76. The van der Waals surface area contributed by atoms with E-state index in [0.717, 1.165) is 31.2 Å². The average molecular weight is 354 g/mol. The van der Waals surface area contributed by atoms with E-state index in [4.69, 9.17) is 0 Å². The van der Waals surface area contributed by atoms with Crippen LogP contribution in [-0.2, 0) is 12.0 Å². The number of hydrogen-bond acceptors (Lipinski definition) is 2. The fourth-order valence-electron chi connectivity index (χ4n) is 3.15. The molecule has 2 aromatic rings. The highest BCUT2D eigenvalue weighted by Crippen LogP contribution is 2.27. The van der Waals surface area contributed by atoms with Gasteiger partial charge in [-0.2, -0.15) is 0 Å². The van der Waals surface area contributed by atoms with Crippen molar-refractivity contribution >= 4 is 6.03 Å². The highest BCUT2D eigenvalue weighted by atomic mass is 16.2. The Morgan fingerprint density at radius 2 is 1.77 bits per heavy atom. The molecule has 0 aliphatic carbocycles. The third kappa shape index (κ3) is 6.51. The van der Waals surface area contributed by atoms with Crippen LogP contribution in [0.2, 0.25) is 0 Å². The predicted octanol–water partition coefficient (Wildman–Crippen LogP) is 4.81. The van der Waals surface area contributed by atoms with Gasteiger partial charge in [0.05, 0.1) is 5.54 Å². The van der Waals surface area contributed by atoms with Crippen molar-refractivity contribution in [3.63, 3.8) is 0 Å². The van der Waals surface area contributed by atoms with Crippen LogP contribution in [0, 0.1) is 0 Å². The lowest BCUT2D eigenvalue weighted by atomic mass is 9.86. The standard InChI is InChI=1S/C22H31N3O/c1-3-4-8-15-22(2,20-11-6-5-7-12-20)25-21(26)24-16-9-10-19-13-17-23-18-14-19/h5-7,11-14,17-18H,3-4,8-10,15-16H2,1-2H3,(H2,24,25,26). The molecule has 26 heavy (non-hydrogen) atoms. The maximum atomic E-state index is 12.4. The first kappa shape index (κ1) is 20.0. The van der Waals surface area contributed by atoms with Gasteiger partial charge in [0.2, 0.25) is 0 Å². The van der Waals surface area contributed by atoms with Crippen molar-refractivity contribution in [2.45, 2.75) is 57.9 Å². The molecular weight excluding hydrogens is 322 g/mol. The summed E-state index contributed by atoms with van der Waals surface area (Å²) in [6.45, 7) is 4.98. The normalized spacial score (nSPS) is 13.0. The van der Waals surface area contributed by atoms with Gasteiger partial charge in [-0.05, 0) is 49.4 Å². The zero-order valence-corrected chi connectivity index (χ0v) is 16.0. The number of amides is 2. The molecule has 4 heteroatoms. The van der Waals surface area contributed by atoms with Gasteiger partial charge in [-0.15, -0.1) is 0 Å². The molecule has 2 rings (SSSR count). The summed E-state index contributed by atoms with van der Waals surface area (Å²) in [7, 11) is 0.